The van der Waals surface area contributed by atoms with Gasteiger partial charge < -0.3 is 9.47 Å². The van der Waals surface area contributed by atoms with E-state index in [2.05, 4.69) is 9.47 Å². The first-order chi connectivity index (χ1) is 3.69. The number of carbonyl (C=O) groups is 1. The molecule has 40 valence electrons. The number of esters is 1. The molecule has 0 amide bonds. The van der Waals surface area contributed by atoms with E-state index in [9.17, 15) is 4.79 Å². The van der Waals surface area contributed by atoms with Crippen molar-refractivity contribution in [3.8, 4) is 0 Å². The zero-order valence-electron chi connectivity index (χ0n) is 4.93. The molecule has 0 bridgehead atoms. The van der Waals surface area contributed by atoms with Crippen molar-refractivity contribution < 1.29 is 15.6 Å². The predicted molar refractivity (Wildman–Crippen MR) is 21.8 cm³/mol. The fraction of sp³-hybridized carbons (Fsp3) is 0.750. The second kappa shape index (κ2) is 1.50. The Morgan fingerprint density at radius 2 is 3.00 bits per heavy atom. The minimum absolute atomic E-state index is 0.0579. The molecular weight excluding hydrogens is 96.0 g/mol. The van der Waals surface area contributed by atoms with Gasteiger partial charge in [0, 0.05) is 7.11 Å². The molecule has 0 N–H and O–H groups in total. The standard InChI is InChI=1S/C4H6O3/c1-6-3-2-7-4(3)5/h3H,2H2,1H3/i3T. The van der Waals surface area contributed by atoms with E-state index >= 15 is 0 Å². The van der Waals surface area contributed by atoms with Crippen LogP contribution in [0.5, 0.6) is 0 Å². The molecule has 0 aromatic carbocycles. The zero-order chi connectivity index (χ0) is 6.20. The Morgan fingerprint density at radius 3 is 3.00 bits per heavy atom. The maximum absolute atomic E-state index is 10.2. The molecule has 1 atom stereocenters. The number of ether oxygens (including phenoxy) is 2. The summed E-state index contributed by atoms with van der Waals surface area (Å²) < 4.78 is 15.8. The van der Waals surface area contributed by atoms with Gasteiger partial charge >= 0.3 is 5.97 Å². The van der Waals surface area contributed by atoms with Crippen molar-refractivity contribution in [2.75, 3.05) is 13.7 Å². The van der Waals surface area contributed by atoms with Gasteiger partial charge in [-0.3, -0.25) is 0 Å². The molecule has 3 nitrogen and oxygen atoms in total. The highest BCUT2D eigenvalue weighted by Crippen LogP contribution is 2.04. The quantitative estimate of drug-likeness (QED) is 0.423. The first-order valence-electron chi connectivity index (χ1n) is 2.41. The molecule has 7 heavy (non-hydrogen) atoms. The smallest absolute Gasteiger partial charge is 0.338 e. The number of rotatable bonds is 1. The molecule has 1 rings (SSSR count). The summed E-state index contributed by atoms with van der Waals surface area (Å²) in [5.41, 5.74) is 0. The summed E-state index contributed by atoms with van der Waals surface area (Å²) in [6.45, 7) is 0.0579. The molecule has 0 aromatic heterocycles. The van der Waals surface area contributed by atoms with Crippen molar-refractivity contribution in [2.45, 2.75) is 6.08 Å². The van der Waals surface area contributed by atoms with E-state index in [-0.39, 0.29) is 6.61 Å². The maximum atomic E-state index is 10.2. The molecule has 1 saturated heterocycles. The van der Waals surface area contributed by atoms with E-state index in [4.69, 9.17) is 1.37 Å². The largest absolute Gasteiger partial charge is 0.460 e. The van der Waals surface area contributed by atoms with Crippen LogP contribution in [0.3, 0.4) is 0 Å². The van der Waals surface area contributed by atoms with E-state index in [1.165, 1.54) is 7.11 Å². The normalized spacial score (nSPS) is 41.3. The van der Waals surface area contributed by atoms with Gasteiger partial charge in [0.15, 0.2) is 6.08 Å². The lowest BCUT2D eigenvalue weighted by Gasteiger charge is -2.21. The third-order valence-electron chi connectivity index (χ3n) is 0.808. The third kappa shape index (κ3) is 0.587. The van der Waals surface area contributed by atoms with Gasteiger partial charge in [-0.2, -0.15) is 0 Å². The van der Waals surface area contributed by atoms with Crippen LogP contribution in [-0.2, 0) is 14.3 Å². The fourth-order valence-electron chi connectivity index (χ4n) is 0.332. The topological polar surface area (TPSA) is 35.5 Å². The Bertz CT molecular complexity index is 120. The fourth-order valence-corrected chi connectivity index (χ4v) is 0.332. The van der Waals surface area contributed by atoms with Crippen molar-refractivity contribution in [2.24, 2.45) is 0 Å². The molecule has 0 spiro atoms. The minimum Gasteiger partial charge on any atom is -0.460 e. The van der Waals surface area contributed by atoms with Crippen molar-refractivity contribution in [3.05, 3.63) is 0 Å². The predicted octanol–water partition coefficient (Wildman–Crippen LogP) is -0.442. The van der Waals surface area contributed by atoms with Crippen LogP contribution in [0.25, 0.3) is 0 Å². The van der Waals surface area contributed by atoms with Crippen molar-refractivity contribution in [3.63, 3.8) is 0 Å². The van der Waals surface area contributed by atoms with E-state index in [1.54, 1.807) is 0 Å². The van der Waals surface area contributed by atoms with Crippen molar-refractivity contribution in [1.82, 2.24) is 0 Å². The van der Waals surface area contributed by atoms with Gasteiger partial charge in [-0.25, -0.2) is 4.79 Å². The van der Waals surface area contributed by atoms with Gasteiger partial charge in [-0.15, -0.1) is 0 Å². The SMILES string of the molecule is [3H]C1(OC)COC1=O. The summed E-state index contributed by atoms with van der Waals surface area (Å²) in [5.74, 6) is -0.597. The molecule has 1 unspecified atom stereocenters. The molecule has 0 radical (unpaired) electrons. The lowest BCUT2D eigenvalue weighted by Crippen LogP contribution is -2.41. The Morgan fingerprint density at radius 1 is 2.29 bits per heavy atom. The van der Waals surface area contributed by atoms with E-state index in [0.717, 1.165) is 0 Å². The number of methoxy groups -OCH3 is 1. The average molecular weight is 104 g/mol. The van der Waals surface area contributed by atoms with Crippen LogP contribution in [0.4, 0.5) is 0 Å². The van der Waals surface area contributed by atoms with Crippen LogP contribution in [0, 0.1) is 0 Å². The van der Waals surface area contributed by atoms with Crippen LogP contribution in [-0.4, -0.2) is 25.8 Å². The van der Waals surface area contributed by atoms with E-state index in [1.807, 2.05) is 0 Å². The lowest BCUT2D eigenvalue weighted by molar-refractivity contribution is -0.182. The number of cyclic esters (lactones) is 1. The van der Waals surface area contributed by atoms with Gasteiger partial charge in [0.1, 0.15) is 6.61 Å². The van der Waals surface area contributed by atoms with Crippen molar-refractivity contribution >= 4 is 5.97 Å². The van der Waals surface area contributed by atoms with Crippen LogP contribution in [0.15, 0.2) is 0 Å². The number of carbonyl (C=O) groups excluding carboxylic acids is 1. The Labute approximate surface area is 42.6 Å². The first kappa shape index (κ1) is 3.43. The number of hydrogen-bond acceptors (Lipinski definition) is 3. The summed E-state index contributed by atoms with van der Waals surface area (Å²) in [7, 11) is 1.31. The molecule has 3 heteroatoms. The van der Waals surface area contributed by atoms with Crippen LogP contribution < -0.4 is 0 Å². The highest BCUT2D eigenvalue weighted by atomic mass is 16.6. The van der Waals surface area contributed by atoms with Crippen molar-refractivity contribution in [1.29, 1.82) is 0 Å². The third-order valence-corrected chi connectivity index (χ3v) is 0.808. The Hall–Kier alpha value is -0.570. The first-order valence-corrected chi connectivity index (χ1v) is 1.91. The molecule has 0 saturated carbocycles. The maximum Gasteiger partial charge on any atom is 0.338 e. The molecule has 0 aliphatic carbocycles. The van der Waals surface area contributed by atoms with Gasteiger partial charge in [0.2, 0.25) is 0 Å². The van der Waals surface area contributed by atoms with E-state index < -0.39 is 12.0 Å². The second-order valence-corrected chi connectivity index (χ2v) is 1.20. The van der Waals surface area contributed by atoms with Crippen LogP contribution in [0.1, 0.15) is 1.37 Å². The molecule has 1 fully saturated rings. The highest BCUT2D eigenvalue weighted by Gasteiger charge is 2.29. The summed E-state index contributed by atoms with van der Waals surface area (Å²) in [4.78, 5) is 10.2. The van der Waals surface area contributed by atoms with Gasteiger partial charge in [0.05, 0.1) is 1.37 Å². The van der Waals surface area contributed by atoms with Crippen LogP contribution >= 0.6 is 0 Å². The summed E-state index contributed by atoms with van der Waals surface area (Å²) in [5, 5.41) is 0. The molecule has 0 aromatic rings. The Kier molecular flexibility index (Phi) is 0.736. The van der Waals surface area contributed by atoms with E-state index in [0.29, 0.717) is 0 Å². The monoisotopic (exact) mass is 104 g/mol. The summed E-state index contributed by atoms with van der Waals surface area (Å²) in [6, 6.07) is 0. The van der Waals surface area contributed by atoms with Gasteiger partial charge in [-0.05, 0) is 0 Å². The number of hydrogen-bond donors (Lipinski definition) is 0. The zero-order valence-corrected chi connectivity index (χ0v) is 3.93. The molecule has 1 heterocycles. The summed E-state index contributed by atoms with van der Waals surface area (Å²) >= 11 is 0. The molecule has 1 aliphatic heterocycles. The van der Waals surface area contributed by atoms with Gasteiger partial charge in [-0.1, -0.05) is 0 Å². The molecule has 1 aliphatic rings. The highest BCUT2D eigenvalue weighted by molar-refractivity contribution is 5.79. The average Bonchev–Trinajstić information content (AvgIpc) is 1.83. The van der Waals surface area contributed by atoms with Crippen LogP contribution in [0.2, 0.25) is 0 Å². The Balaban J connectivity index is 2.55. The molecular formula is C4H6O3. The second-order valence-electron chi connectivity index (χ2n) is 1.20. The summed E-state index contributed by atoms with van der Waals surface area (Å²) in [6.07, 6.45) is -1.39. The van der Waals surface area contributed by atoms with Gasteiger partial charge in [0.25, 0.3) is 0 Å². The lowest BCUT2D eigenvalue weighted by atomic mass is 10.3. The minimum atomic E-state index is -1.39.